The fourth-order valence-corrected chi connectivity index (χ4v) is 4.32. The van der Waals surface area contributed by atoms with Crippen LogP contribution in [0.1, 0.15) is 11.1 Å². The SMILES string of the molecule is Cc1ccsc1-c1ccnc2ccc(/C=C3/SC(=O)NC3=O)cc12. The first kappa shape index (κ1) is 15.1. The van der Waals surface area contributed by atoms with Crippen molar-refractivity contribution in [2.24, 2.45) is 0 Å². The summed E-state index contributed by atoms with van der Waals surface area (Å²) in [6.45, 7) is 2.09. The van der Waals surface area contributed by atoms with Gasteiger partial charge in [-0.25, -0.2) is 0 Å². The molecule has 0 unspecified atom stereocenters. The normalized spacial score (nSPS) is 16.1. The lowest BCUT2D eigenvalue weighted by Crippen LogP contribution is -2.17. The topological polar surface area (TPSA) is 59.1 Å². The molecule has 3 heterocycles. The number of amides is 2. The van der Waals surface area contributed by atoms with Crippen molar-refractivity contribution in [3.8, 4) is 10.4 Å². The minimum atomic E-state index is -0.342. The van der Waals surface area contributed by atoms with Crippen LogP contribution in [0, 0.1) is 6.92 Å². The number of fused-ring (bicyclic) bond motifs is 1. The summed E-state index contributed by atoms with van der Waals surface area (Å²) in [5.41, 5.74) is 4.14. The Morgan fingerprint density at radius 1 is 1.17 bits per heavy atom. The number of rotatable bonds is 2. The second-order valence-corrected chi connectivity index (χ2v) is 7.35. The number of carbonyl (C=O) groups is 2. The number of thioether (sulfide) groups is 1. The molecule has 0 bridgehead atoms. The molecule has 1 aliphatic rings. The molecule has 24 heavy (non-hydrogen) atoms. The number of hydrogen-bond acceptors (Lipinski definition) is 5. The van der Waals surface area contributed by atoms with Gasteiger partial charge in [0.1, 0.15) is 0 Å². The molecule has 1 saturated heterocycles. The van der Waals surface area contributed by atoms with Gasteiger partial charge in [-0.1, -0.05) is 6.07 Å². The first-order chi connectivity index (χ1) is 11.6. The van der Waals surface area contributed by atoms with Gasteiger partial charge in [0.05, 0.1) is 10.4 Å². The van der Waals surface area contributed by atoms with E-state index in [9.17, 15) is 9.59 Å². The van der Waals surface area contributed by atoms with Crippen molar-refractivity contribution in [3.63, 3.8) is 0 Å². The Labute approximate surface area is 146 Å². The average Bonchev–Trinajstić information content (AvgIpc) is 3.12. The fraction of sp³-hybridized carbons (Fsp3) is 0.0556. The van der Waals surface area contributed by atoms with Gasteiger partial charge in [0.15, 0.2) is 0 Å². The van der Waals surface area contributed by atoms with Crippen LogP contribution in [-0.4, -0.2) is 16.1 Å². The second kappa shape index (κ2) is 5.89. The maximum absolute atomic E-state index is 11.7. The maximum atomic E-state index is 11.7. The summed E-state index contributed by atoms with van der Waals surface area (Å²) in [6, 6.07) is 9.97. The van der Waals surface area contributed by atoms with E-state index in [1.807, 2.05) is 30.5 Å². The minimum absolute atomic E-state index is 0.330. The summed E-state index contributed by atoms with van der Waals surface area (Å²) in [7, 11) is 0. The van der Waals surface area contributed by atoms with Crippen LogP contribution in [0.25, 0.3) is 27.4 Å². The van der Waals surface area contributed by atoms with Gasteiger partial charge in [0, 0.05) is 22.0 Å². The minimum Gasteiger partial charge on any atom is -0.282 e. The van der Waals surface area contributed by atoms with Gasteiger partial charge < -0.3 is 0 Å². The molecule has 0 saturated carbocycles. The molecule has 1 N–H and O–H groups in total. The van der Waals surface area contributed by atoms with E-state index in [-0.39, 0.29) is 11.1 Å². The number of nitrogens with zero attached hydrogens (tertiary/aromatic N) is 1. The van der Waals surface area contributed by atoms with Crippen LogP contribution < -0.4 is 5.32 Å². The fourth-order valence-electron chi connectivity index (χ4n) is 2.67. The third-order valence-corrected chi connectivity index (χ3v) is 5.67. The molecule has 0 aliphatic carbocycles. The standard InChI is InChI=1S/C18H12N2O2S2/c1-10-5-7-23-16(10)12-4-6-19-14-3-2-11(8-13(12)14)9-15-17(21)20-18(22)24-15/h2-9H,1H3,(H,20,21,22)/b15-9+. The summed E-state index contributed by atoms with van der Waals surface area (Å²) in [5.74, 6) is -0.342. The second-order valence-electron chi connectivity index (χ2n) is 5.42. The number of imide groups is 1. The van der Waals surface area contributed by atoms with E-state index in [1.54, 1.807) is 17.4 Å². The van der Waals surface area contributed by atoms with Gasteiger partial charge in [-0.05, 0) is 65.5 Å². The molecule has 4 rings (SSSR count). The van der Waals surface area contributed by atoms with E-state index in [1.165, 1.54) is 10.4 Å². The van der Waals surface area contributed by atoms with Crippen LogP contribution in [0.4, 0.5) is 4.79 Å². The van der Waals surface area contributed by atoms with Gasteiger partial charge in [0.25, 0.3) is 11.1 Å². The molecular formula is C18H12N2O2S2. The van der Waals surface area contributed by atoms with Crippen molar-refractivity contribution >= 4 is 51.2 Å². The lowest BCUT2D eigenvalue weighted by molar-refractivity contribution is -0.115. The van der Waals surface area contributed by atoms with Crippen LogP contribution >= 0.6 is 23.1 Å². The van der Waals surface area contributed by atoms with Crippen molar-refractivity contribution in [3.05, 3.63) is 57.9 Å². The summed E-state index contributed by atoms with van der Waals surface area (Å²) >= 11 is 2.63. The van der Waals surface area contributed by atoms with E-state index in [2.05, 4.69) is 28.7 Å². The first-order valence-electron chi connectivity index (χ1n) is 7.30. The van der Waals surface area contributed by atoms with Crippen LogP contribution in [0.5, 0.6) is 0 Å². The molecule has 6 heteroatoms. The third kappa shape index (κ3) is 2.64. The summed E-state index contributed by atoms with van der Waals surface area (Å²) < 4.78 is 0. The van der Waals surface area contributed by atoms with Crippen LogP contribution in [0.2, 0.25) is 0 Å². The smallest absolute Gasteiger partial charge is 0.282 e. The first-order valence-corrected chi connectivity index (χ1v) is 8.99. The number of aromatic nitrogens is 1. The van der Waals surface area contributed by atoms with E-state index >= 15 is 0 Å². The maximum Gasteiger partial charge on any atom is 0.290 e. The number of hydrogen-bond donors (Lipinski definition) is 1. The Balaban J connectivity index is 1.86. The lowest BCUT2D eigenvalue weighted by atomic mass is 10.0. The molecule has 1 aromatic carbocycles. The largest absolute Gasteiger partial charge is 0.290 e. The van der Waals surface area contributed by atoms with Crippen molar-refractivity contribution in [2.45, 2.75) is 6.92 Å². The summed E-state index contributed by atoms with van der Waals surface area (Å²) in [5, 5.41) is 5.05. The van der Waals surface area contributed by atoms with Gasteiger partial charge >= 0.3 is 0 Å². The van der Waals surface area contributed by atoms with Gasteiger partial charge in [-0.15, -0.1) is 11.3 Å². The summed E-state index contributed by atoms with van der Waals surface area (Å²) in [6.07, 6.45) is 3.55. The third-order valence-electron chi connectivity index (χ3n) is 3.81. The highest BCUT2D eigenvalue weighted by Crippen LogP contribution is 2.35. The number of carbonyl (C=O) groups excluding carboxylic acids is 2. The molecule has 118 valence electrons. The van der Waals surface area contributed by atoms with E-state index in [0.29, 0.717) is 4.91 Å². The highest BCUT2D eigenvalue weighted by molar-refractivity contribution is 8.18. The quantitative estimate of drug-likeness (QED) is 0.685. The van der Waals surface area contributed by atoms with Crippen LogP contribution in [-0.2, 0) is 4.79 Å². The van der Waals surface area contributed by atoms with Crippen molar-refractivity contribution in [1.29, 1.82) is 0 Å². The van der Waals surface area contributed by atoms with Crippen molar-refractivity contribution in [2.75, 3.05) is 0 Å². The molecule has 0 radical (unpaired) electrons. The molecule has 0 atom stereocenters. The molecule has 0 spiro atoms. The van der Waals surface area contributed by atoms with E-state index in [0.717, 1.165) is 33.8 Å². The van der Waals surface area contributed by atoms with Crippen molar-refractivity contribution < 1.29 is 9.59 Å². The molecule has 2 amide bonds. The Bertz CT molecular complexity index is 1020. The molecule has 2 aromatic heterocycles. The lowest BCUT2D eigenvalue weighted by Gasteiger charge is -2.07. The predicted octanol–water partition coefficient (Wildman–Crippen LogP) is 4.60. The molecule has 3 aromatic rings. The molecular weight excluding hydrogens is 340 g/mol. The average molecular weight is 352 g/mol. The van der Waals surface area contributed by atoms with Gasteiger partial charge in [-0.2, -0.15) is 0 Å². The highest BCUT2D eigenvalue weighted by Gasteiger charge is 2.24. The number of aryl methyl sites for hydroxylation is 1. The Kier molecular flexibility index (Phi) is 3.70. The molecule has 1 fully saturated rings. The van der Waals surface area contributed by atoms with Crippen molar-refractivity contribution in [1.82, 2.24) is 10.3 Å². The van der Waals surface area contributed by atoms with Gasteiger partial charge in [-0.3, -0.25) is 19.9 Å². The molecule has 4 nitrogen and oxygen atoms in total. The van der Waals surface area contributed by atoms with Gasteiger partial charge in [0.2, 0.25) is 0 Å². The van der Waals surface area contributed by atoms with E-state index < -0.39 is 0 Å². The van der Waals surface area contributed by atoms with Crippen LogP contribution in [0.3, 0.4) is 0 Å². The summed E-state index contributed by atoms with van der Waals surface area (Å²) in [4.78, 5) is 29.1. The number of pyridine rings is 1. The number of benzene rings is 1. The van der Waals surface area contributed by atoms with Crippen LogP contribution in [0.15, 0.2) is 46.8 Å². The Morgan fingerprint density at radius 2 is 2.04 bits per heavy atom. The Morgan fingerprint density at radius 3 is 2.75 bits per heavy atom. The molecule has 1 aliphatic heterocycles. The zero-order valence-electron chi connectivity index (χ0n) is 12.7. The van der Waals surface area contributed by atoms with E-state index in [4.69, 9.17) is 0 Å². The zero-order valence-corrected chi connectivity index (χ0v) is 14.3. The predicted molar refractivity (Wildman–Crippen MR) is 98.9 cm³/mol. The zero-order chi connectivity index (χ0) is 16.7. The highest BCUT2D eigenvalue weighted by atomic mass is 32.2. The Hall–Kier alpha value is -2.44. The monoisotopic (exact) mass is 352 g/mol. The number of nitrogens with one attached hydrogen (secondary N) is 1. The number of thiophene rings is 1.